The first-order chi connectivity index (χ1) is 6.36. The lowest BCUT2D eigenvalue weighted by Gasteiger charge is -2.21. The molecular formula is C9H14N4. The molecule has 2 heterocycles. The summed E-state index contributed by atoms with van der Waals surface area (Å²) in [5.41, 5.74) is 6.52. The summed E-state index contributed by atoms with van der Waals surface area (Å²) in [5, 5.41) is 11.3. The molecule has 1 saturated heterocycles. The van der Waals surface area contributed by atoms with Crippen molar-refractivity contribution < 1.29 is 0 Å². The van der Waals surface area contributed by atoms with Crippen molar-refractivity contribution in [1.29, 1.82) is 0 Å². The van der Waals surface area contributed by atoms with Gasteiger partial charge < -0.3 is 11.1 Å². The van der Waals surface area contributed by atoms with Gasteiger partial charge in [-0.25, -0.2) is 0 Å². The molecule has 1 aromatic heterocycles. The summed E-state index contributed by atoms with van der Waals surface area (Å²) in [6, 6.07) is 3.79. The third-order valence-corrected chi connectivity index (χ3v) is 2.42. The average molecular weight is 178 g/mol. The van der Waals surface area contributed by atoms with Crippen LogP contribution in [0.2, 0.25) is 0 Å². The van der Waals surface area contributed by atoms with E-state index in [2.05, 4.69) is 15.5 Å². The molecule has 0 amide bonds. The predicted octanol–water partition coefficient (Wildman–Crippen LogP) is 0.526. The lowest BCUT2D eigenvalue weighted by molar-refractivity contribution is 0.452. The summed E-state index contributed by atoms with van der Waals surface area (Å²) in [4.78, 5) is 0. The second kappa shape index (κ2) is 3.70. The summed E-state index contributed by atoms with van der Waals surface area (Å²) in [5.74, 6) is 1.01. The van der Waals surface area contributed by atoms with Crippen LogP contribution < -0.4 is 11.1 Å². The van der Waals surface area contributed by atoms with Gasteiger partial charge in [-0.2, -0.15) is 5.10 Å². The molecule has 1 fully saturated rings. The molecule has 3 N–H and O–H groups in total. The normalized spacial score (nSPS) is 22.9. The molecular weight excluding hydrogens is 164 g/mol. The zero-order valence-electron chi connectivity index (χ0n) is 7.53. The molecule has 0 saturated carbocycles. The number of nitrogens with zero attached hydrogens (tertiary/aromatic N) is 2. The Morgan fingerprint density at radius 3 is 2.92 bits per heavy atom. The number of aromatic nitrogens is 2. The first-order valence-corrected chi connectivity index (χ1v) is 4.66. The fraction of sp³-hybridized carbons (Fsp3) is 0.556. The maximum Gasteiger partial charge on any atom is 0.146 e. The van der Waals surface area contributed by atoms with Gasteiger partial charge in [-0.1, -0.05) is 0 Å². The van der Waals surface area contributed by atoms with Crippen LogP contribution in [-0.4, -0.2) is 23.3 Å². The smallest absolute Gasteiger partial charge is 0.146 e. The molecule has 0 radical (unpaired) electrons. The summed E-state index contributed by atoms with van der Waals surface area (Å²) in [7, 11) is 0. The van der Waals surface area contributed by atoms with Crippen molar-refractivity contribution >= 4 is 5.82 Å². The van der Waals surface area contributed by atoms with Crippen molar-refractivity contribution in [3.8, 4) is 0 Å². The van der Waals surface area contributed by atoms with E-state index in [1.807, 2.05) is 12.1 Å². The minimum Gasteiger partial charge on any atom is -0.382 e. The maximum atomic E-state index is 5.47. The molecule has 0 aliphatic carbocycles. The highest BCUT2D eigenvalue weighted by Gasteiger charge is 2.16. The van der Waals surface area contributed by atoms with Crippen molar-refractivity contribution in [2.75, 3.05) is 18.8 Å². The van der Waals surface area contributed by atoms with E-state index in [9.17, 15) is 0 Å². The van der Waals surface area contributed by atoms with Crippen LogP contribution in [0.1, 0.15) is 24.5 Å². The van der Waals surface area contributed by atoms with Gasteiger partial charge in [0, 0.05) is 12.5 Å². The van der Waals surface area contributed by atoms with Gasteiger partial charge in [0.2, 0.25) is 0 Å². The summed E-state index contributed by atoms with van der Waals surface area (Å²) >= 11 is 0. The van der Waals surface area contributed by atoms with Gasteiger partial charge >= 0.3 is 0 Å². The van der Waals surface area contributed by atoms with Gasteiger partial charge in [0.05, 0.1) is 5.69 Å². The first-order valence-electron chi connectivity index (χ1n) is 4.66. The molecule has 1 atom stereocenters. The van der Waals surface area contributed by atoms with Crippen molar-refractivity contribution in [2.24, 2.45) is 0 Å². The quantitative estimate of drug-likeness (QED) is 0.658. The largest absolute Gasteiger partial charge is 0.382 e. The van der Waals surface area contributed by atoms with Crippen LogP contribution in [0.3, 0.4) is 0 Å². The molecule has 0 aromatic carbocycles. The number of nitrogens with two attached hydrogens (primary N) is 1. The molecule has 4 heteroatoms. The topological polar surface area (TPSA) is 63.8 Å². The second-order valence-electron chi connectivity index (χ2n) is 3.43. The van der Waals surface area contributed by atoms with Crippen molar-refractivity contribution in [3.05, 3.63) is 17.8 Å². The van der Waals surface area contributed by atoms with Crippen LogP contribution in [-0.2, 0) is 0 Å². The van der Waals surface area contributed by atoms with Crippen LogP contribution in [0.25, 0.3) is 0 Å². The fourth-order valence-corrected chi connectivity index (χ4v) is 1.67. The third kappa shape index (κ3) is 1.95. The van der Waals surface area contributed by atoms with E-state index in [-0.39, 0.29) is 0 Å². The minimum absolute atomic E-state index is 0.493. The average Bonchev–Trinajstić information content (AvgIpc) is 2.20. The highest BCUT2D eigenvalue weighted by atomic mass is 15.1. The number of hydrogen-bond donors (Lipinski definition) is 2. The molecule has 0 spiro atoms. The van der Waals surface area contributed by atoms with Gasteiger partial charge in [-0.15, -0.1) is 5.10 Å². The number of rotatable bonds is 1. The summed E-state index contributed by atoms with van der Waals surface area (Å²) < 4.78 is 0. The maximum absolute atomic E-state index is 5.47. The van der Waals surface area contributed by atoms with Crippen molar-refractivity contribution in [3.63, 3.8) is 0 Å². The second-order valence-corrected chi connectivity index (χ2v) is 3.43. The number of anilines is 1. The molecule has 4 nitrogen and oxygen atoms in total. The Labute approximate surface area is 77.5 Å². The SMILES string of the molecule is Nc1ccc(C2CCCNC2)nn1. The van der Waals surface area contributed by atoms with Crippen LogP contribution in [0.15, 0.2) is 12.1 Å². The zero-order chi connectivity index (χ0) is 9.10. The number of piperidine rings is 1. The summed E-state index contributed by atoms with van der Waals surface area (Å²) in [6.07, 6.45) is 2.42. The van der Waals surface area contributed by atoms with Gasteiger partial charge in [0.25, 0.3) is 0 Å². The van der Waals surface area contributed by atoms with Gasteiger partial charge in [0.1, 0.15) is 5.82 Å². The monoisotopic (exact) mass is 178 g/mol. The Hall–Kier alpha value is -1.16. The van der Waals surface area contributed by atoms with Crippen LogP contribution in [0.5, 0.6) is 0 Å². The van der Waals surface area contributed by atoms with Crippen LogP contribution in [0.4, 0.5) is 5.82 Å². The predicted molar refractivity (Wildman–Crippen MR) is 51.3 cm³/mol. The highest BCUT2D eigenvalue weighted by molar-refractivity contribution is 5.26. The Balaban J connectivity index is 2.10. The van der Waals surface area contributed by atoms with Gasteiger partial charge in [-0.05, 0) is 31.5 Å². The summed E-state index contributed by atoms with van der Waals surface area (Å²) in [6.45, 7) is 2.14. The van der Waals surface area contributed by atoms with E-state index in [1.54, 1.807) is 0 Å². The molecule has 1 unspecified atom stereocenters. The van der Waals surface area contributed by atoms with Crippen LogP contribution >= 0.6 is 0 Å². The van der Waals surface area contributed by atoms with Crippen molar-refractivity contribution in [2.45, 2.75) is 18.8 Å². The van der Waals surface area contributed by atoms with E-state index >= 15 is 0 Å². The van der Waals surface area contributed by atoms with E-state index in [0.29, 0.717) is 11.7 Å². The van der Waals surface area contributed by atoms with Gasteiger partial charge in [-0.3, -0.25) is 0 Å². The standard InChI is InChI=1S/C9H14N4/c10-9-4-3-8(12-13-9)7-2-1-5-11-6-7/h3-4,7,11H,1-2,5-6H2,(H2,10,13). The fourth-order valence-electron chi connectivity index (χ4n) is 1.67. The molecule has 2 rings (SSSR count). The van der Waals surface area contributed by atoms with E-state index in [1.165, 1.54) is 12.8 Å². The molecule has 70 valence electrons. The Morgan fingerprint density at radius 2 is 2.31 bits per heavy atom. The Kier molecular flexibility index (Phi) is 2.40. The minimum atomic E-state index is 0.493. The highest BCUT2D eigenvalue weighted by Crippen LogP contribution is 2.20. The number of nitrogens with one attached hydrogen (secondary N) is 1. The lowest BCUT2D eigenvalue weighted by atomic mass is 9.96. The van der Waals surface area contributed by atoms with E-state index in [0.717, 1.165) is 18.8 Å². The lowest BCUT2D eigenvalue weighted by Crippen LogP contribution is -2.28. The molecule has 1 aliphatic rings. The third-order valence-electron chi connectivity index (χ3n) is 2.42. The number of hydrogen-bond acceptors (Lipinski definition) is 4. The van der Waals surface area contributed by atoms with E-state index < -0.39 is 0 Å². The molecule has 1 aromatic rings. The van der Waals surface area contributed by atoms with Crippen molar-refractivity contribution in [1.82, 2.24) is 15.5 Å². The molecule has 0 bridgehead atoms. The molecule has 13 heavy (non-hydrogen) atoms. The van der Waals surface area contributed by atoms with Crippen LogP contribution in [0, 0.1) is 0 Å². The van der Waals surface area contributed by atoms with E-state index in [4.69, 9.17) is 5.73 Å². The zero-order valence-corrected chi connectivity index (χ0v) is 7.53. The Bertz CT molecular complexity index is 263. The molecule has 1 aliphatic heterocycles. The first kappa shape index (κ1) is 8.44. The Morgan fingerprint density at radius 1 is 1.38 bits per heavy atom. The van der Waals surface area contributed by atoms with Gasteiger partial charge in [0.15, 0.2) is 0 Å². The number of nitrogen functional groups attached to an aromatic ring is 1.